The van der Waals surface area contributed by atoms with Gasteiger partial charge in [-0.05, 0) is 25.3 Å². The summed E-state index contributed by atoms with van der Waals surface area (Å²) in [7, 11) is 0. The van der Waals surface area contributed by atoms with Crippen molar-refractivity contribution in [2.24, 2.45) is 5.41 Å². The van der Waals surface area contributed by atoms with Crippen LogP contribution in [-0.2, 0) is 11.3 Å². The van der Waals surface area contributed by atoms with Crippen LogP contribution in [0.3, 0.4) is 0 Å². The zero-order valence-electron chi connectivity index (χ0n) is 14.3. The van der Waals surface area contributed by atoms with Gasteiger partial charge in [0, 0.05) is 38.3 Å². The van der Waals surface area contributed by atoms with Crippen LogP contribution in [0.15, 0.2) is 16.7 Å². The van der Waals surface area contributed by atoms with E-state index in [0.29, 0.717) is 0 Å². The number of rotatable bonds is 3. The van der Waals surface area contributed by atoms with Crippen LogP contribution < -0.4 is 0 Å². The van der Waals surface area contributed by atoms with Gasteiger partial charge in [0.25, 0.3) is 0 Å². The number of carbonyl (C=O) groups excluding carboxylic acids is 1. The summed E-state index contributed by atoms with van der Waals surface area (Å²) in [6.07, 6.45) is 3.69. The summed E-state index contributed by atoms with van der Waals surface area (Å²) >= 11 is 0. The number of piperazine rings is 1. The lowest BCUT2D eigenvalue weighted by Crippen LogP contribution is -2.47. The fraction of sp³-hybridized carbons (Fsp3) is 0.647. The molecule has 0 spiro atoms. The highest BCUT2D eigenvalue weighted by atomic mass is 16.5. The molecule has 1 amide bonds. The molecule has 0 aliphatic carbocycles. The first kappa shape index (κ1) is 16.7. The second kappa shape index (κ2) is 6.65. The average Bonchev–Trinajstić information content (AvgIpc) is 2.77. The Hall–Kier alpha value is -1.62. The van der Waals surface area contributed by atoms with Gasteiger partial charge in [-0.3, -0.25) is 9.69 Å². The monoisotopic (exact) mass is 305 g/mol. The molecule has 5 heteroatoms. The van der Waals surface area contributed by atoms with Gasteiger partial charge in [0.15, 0.2) is 0 Å². The largest absolute Gasteiger partial charge is 0.361 e. The van der Waals surface area contributed by atoms with Crippen LogP contribution in [0.4, 0.5) is 0 Å². The van der Waals surface area contributed by atoms with Crippen LogP contribution in [0.5, 0.6) is 0 Å². The average molecular weight is 305 g/mol. The molecule has 1 aromatic rings. The lowest BCUT2D eigenvalue weighted by Gasteiger charge is -2.34. The fourth-order valence-electron chi connectivity index (χ4n) is 2.50. The molecule has 0 bridgehead atoms. The summed E-state index contributed by atoms with van der Waals surface area (Å²) in [5, 5.41) is 4.00. The van der Waals surface area contributed by atoms with E-state index in [2.05, 4.69) is 30.8 Å². The summed E-state index contributed by atoms with van der Waals surface area (Å²) in [5.74, 6) is 1.01. The van der Waals surface area contributed by atoms with Crippen molar-refractivity contribution >= 4 is 5.91 Å². The van der Waals surface area contributed by atoms with Crippen molar-refractivity contribution in [3.05, 3.63) is 29.2 Å². The van der Waals surface area contributed by atoms with E-state index in [1.165, 1.54) is 5.56 Å². The molecule has 5 nitrogen and oxygen atoms in total. The summed E-state index contributed by atoms with van der Waals surface area (Å²) in [6, 6.07) is 0. The zero-order chi connectivity index (χ0) is 16.3. The van der Waals surface area contributed by atoms with Crippen LogP contribution in [-0.4, -0.2) is 47.0 Å². The molecule has 122 valence electrons. The quantitative estimate of drug-likeness (QED) is 0.805. The minimum atomic E-state index is 0.0425. The lowest BCUT2D eigenvalue weighted by molar-refractivity contribution is -0.127. The first-order valence-electron chi connectivity index (χ1n) is 7.88. The number of nitrogens with zero attached hydrogens (tertiary/aromatic N) is 3. The van der Waals surface area contributed by atoms with Gasteiger partial charge < -0.3 is 9.42 Å². The Kier molecular flexibility index (Phi) is 5.06. The second-order valence-electron chi connectivity index (χ2n) is 7.10. The van der Waals surface area contributed by atoms with Crippen molar-refractivity contribution in [2.45, 2.75) is 41.2 Å². The van der Waals surface area contributed by atoms with Crippen molar-refractivity contribution in [3.63, 3.8) is 0 Å². The van der Waals surface area contributed by atoms with E-state index in [-0.39, 0.29) is 11.3 Å². The molecule has 0 saturated carbocycles. The standard InChI is InChI=1S/C17H27N3O2/c1-13-15(14(2)22-18-13)12-19-8-10-20(11-9-19)16(21)6-7-17(3,4)5/h6-7H,8-12H2,1-5H3. The Morgan fingerprint density at radius 2 is 1.86 bits per heavy atom. The van der Waals surface area contributed by atoms with Crippen LogP contribution in [0.2, 0.25) is 0 Å². The third kappa shape index (κ3) is 4.44. The normalized spacial score (nSPS) is 17.4. The second-order valence-corrected chi connectivity index (χ2v) is 7.10. The maximum atomic E-state index is 12.2. The van der Waals surface area contributed by atoms with Crippen molar-refractivity contribution in [3.8, 4) is 0 Å². The Morgan fingerprint density at radius 3 is 2.36 bits per heavy atom. The highest BCUT2D eigenvalue weighted by Gasteiger charge is 2.22. The summed E-state index contributed by atoms with van der Waals surface area (Å²) < 4.78 is 5.21. The molecule has 2 rings (SSSR count). The highest BCUT2D eigenvalue weighted by Crippen LogP contribution is 2.17. The Bertz CT molecular complexity index is 527. The van der Waals surface area contributed by atoms with E-state index in [4.69, 9.17) is 4.52 Å². The van der Waals surface area contributed by atoms with Crippen LogP contribution in [0.1, 0.15) is 37.8 Å². The van der Waals surface area contributed by atoms with Gasteiger partial charge in [-0.15, -0.1) is 0 Å². The molecule has 1 aromatic heterocycles. The maximum absolute atomic E-state index is 12.2. The predicted octanol–water partition coefficient (Wildman–Crippen LogP) is 2.54. The van der Waals surface area contributed by atoms with Crippen LogP contribution in [0, 0.1) is 19.3 Å². The molecule has 1 aliphatic heterocycles. The third-order valence-electron chi connectivity index (χ3n) is 3.97. The molecular weight excluding hydrogens is 278 g/mol. The van der Waals surface area contributed by atoms with Gasteiger partial charge in [0.2, 0.25) is 5.91 Å². The minimum Gasteiger partial charge on any atom is -0.361 e. The van der Waals surface area contributed by atoms with E-state index in [1.807, 2.05) is 24.8 Å². The van der Waals surface area contributed by atoms with E-state index < -0.39 is 0 Å². The van der Waals surface area contributed by atoms with Crippen LogP contribution >= 0.6 is 0 Å². The zero-order valence-corrected chi connectivity index (χ0v) is 14.3. The molecule has 0 unspecified atom stereocenters. The van der Waals surface area contributed by atoms with Crippen molar-refractivity contribution in [2.75, 3.05) is 26.2 Å². The number of hydrogen-bond acceptors (Lipinski definition) is 4. The summed E-state index contributed by atoms with van der Waals surface area (Å²) in [4.78, 5) is 16.4. The summed E-state index contributed by atoms with van der Waals surface area (Å²) in [5.41, 5.74) is 2.18. The van der Waals surface area contributed by atoms with Gasteiger partial charge in [-0.1, -0.05) is 32.0 Å². The number of hydrogen-bond donors (Lipinski definition) is 0. The van der Waals surface area contributed by atoms with Gasteiger partial charge in [-0.25, -0.2) is 0 Å². The van der Waals surface area contributed by atoms with Crippen LogP contribution in [0.25, 0.3) is 0 Å². The predicted molar refractivity (Wildman–Crippen MR) is 86.4 cm³/mol. The molecule has 22 heavy (non-hydrogen) atoms. The number of amides is 1. The Balaban J connectivity index is 1.86. The van der Waals surface area contributed by atoms with Gasteiger partial charge in [-0.2, -0.15) is 0 Å². The topological polar surface area (TPSA) is 49.6 Å². The van der Waals surface area contributed by atoms with E-state index in [9.17, 15) is 4.79 Å². The SMILES string of the molecule is Cc1noc(C)c1CN1CCN(C(=O)C=CC(C)(C)C)CC1. The molecule has 0 N–H and O–H groups in total. The highest BCUT2D eigenvalue weighted by molar-refractivity contribution is 5.87. The van der Waals surface area contributed by atoms with Gasteiger partial charge in [0.05, 0.1) is 5.69 Å². The Morgan fingerprint density at radius 1 is 1.23 bits per heavy atom. The van der Waals surface area contributed by atoms with E-state index in [0.717, 1.165) is 44.2 Å². The molecule has 2 heterocycles. The smallest absolute Gasteiger partial charge is 0.246 e. The van der Waals surface area contributed by atoms with Gasteiger partial charge in [0.1, 0.15) is 5.76 Å². The number of carbonyl (C=O) groups is 1. The van der Waals surface area contributed by atoms with Crippen molar-refractivity contribution < 1.29 is 9.32 Å². The van der Waals surface area contributed by atoms with Crippen molar-refractivity contribution in [1.82, 2.24) is 15.0 Å². The lowest BCUT2D eigenvalue weighted by atomic mass is 9.96. The maximum Gasteiger partial charge on any atom is 0.246 e. The molecule has 0 radical (unpaired) electrons. The summed E-state index contributed by atoms with van der Waals surface area (Å²) in [6.45, 7) is 14.4. The van der Waals surface area contributed by atoms with E-state index in [1.54, 1.807) is 6.08 Å². The molecule has 0 aromatic carbocycles. The number of allylic oxidation sites excluding steroid dienone is 1. The molecule has 1 aliphatic rings. The fourth-order valence-corrected chi connectivity index (χ4v) is 2.50. The van der Waals surface area contributed by atoms with Crippen molar-refractivity contribution in [1.29, 1.82) is 0 Å². The molecular formula is C17H27N3O2. The number of aromatic nitrogens is 1. The molecule has 0 atom stereocenters. The molecule has 1 fully saturated rings. The number of aryl methyl sites for hydroxylation is 2. The minimum absolute atomic E-state index is 0.0425. The van der Waals surface area contributed by atoms with E-state index >= 15 is 0 Å². The first-order valence-corrected chi connectivity index (χ1v) is 7.88. The van der Waals surface area contributed by atoms with Gasteiger partial charge >= 0.3 is 0 Å². The first-order chi connectivity index (χ1) is 10.3. The Labute approximate surface area is 132 Å². The molecule has 1 saturated heterocycles. The third-order valence-corrected chi connectivity index (χ3v) is 3.97.